The molecule has 6 nitrogen and oxygen atoms in total. The molecule has 0 heterocycles. The van der Waals surface area contributed by atoms with Gasteiger partial charge in [-0.3, -0.25) is 14.4 Å². The summed E-state index contributed by atoms with van der Waals surface area (Å²) in [6.07, 6.45) is 45.9. The van der Waals surface area contributed by atoms with Gasteiger partial charge >= 0.3 is 5.97 Å². The van der Waals surface area contributed by atoms with Crippen molar-refractivity contribution in [3.8, 4) is 0 Å². The number of nitrogens with one attached hydrogen (secondary N) is 1. The highest BCUT2D eigenvalue weighted by Gasteiger charge is 2.22. The summed E-state index contributed by atoms with van der Waals surface area (Å²) >= 11 is 0. The summed E-state index contributed by atoms with van der Waals surface area (Å²) in [6, 6.07) is -0.734. The van der Waals surface area contributed by atoms with E-state index in [0.717, 1.165) is 57.9 Å². The minimum Gasteiger partial charge on any atom is -0.463 e. The van der Waals surface area contributed by atoms with Gasteiger partial charge in [0.2, 0.25) is 5.91 Å². The van der Waals surface area contributed by atoms with Crippen molar-refractivity contribution >= 4 is 17.7 Å². The number of hydrogen-bond acceptors (Lipinski definition) is 5. The SMILES string of the molecule is CCCCCCCCCCCCCCCCCCCC(=O)C(COC(=O)CCCCCCCCCCCCCCCCCC)NC(=O)CCCCN(C)C. The van der Waals surface area contributed by atoms with E-state index >= 15 is 0 Å². The van der Waals surface area contributed by atoms with Crippen LogP contribution < -0.4 is 5.32 Å². The molecule has 0 bridgehead atoms. The highest BCUT2D eigenvalue weighted by atomic mass is 16.5. The lowest BCUT2D eigenvalue weighted by molar-refractivity contribution is -0.146. The van der Waals surface area contributed by atoms with Gasteiger partial charge in [0.15, 0.2) is 5.78 Å². The maximum absolute atomic E-state index is 13.2. The maximum Gasteiger partial charge on any atom is 0.305 e. The zero-order valence-corrected chi connectivity index (χ0v) is 36.9. The quantitative estimate of drug-likeness (QED) is 0.0494. The van der Waals surface area contributed by atoms with Crippen LogP contribution in [0.1, 0.15) is 258 Å². The zero-order chi connectivity index (χ0) is 39.6. The van der Waals surface area contributed by atoms with Gasteiger partial charge in [0, 0.05) is 19.3 Å². The van der Waals surface area contributed by atoms with Gasteiger partial charge in [-0.05, 0) is 46.3 Å². The first-order chi connectivity index (χ1) is 26.4. The first-order valence-corrected chi connectivity index (χ1v) is 24.0. The van der Waals surface area contributed by atoms with Crippen molar-refractivity contribution in [3.05, 3.63) is 0 Å². The van der Waals surface area contributed by atoms with E-state index in [4.69, 9.17) is 4.74 Å². The largest absolute Gasteiger partial charge is 0.463 e. The molecule has 6 heteroatoms. The molecule has 1 N–H and O–H groups in total. The van der Waals surface area contributed by atoms with E-state index in [1.54, 1.807) is 0 Å². The van der Waals surface area contributed by atoms with Crippen LogP contribution in [0.2, 0.25) is 0 Å². The fourth-order valence-electron chi connectivity index (χ4n) is 7.46. The topological polar surface area (TPSA) is 75.7 Å². The Morgan fingerprint density at radius 1 is 0.426 bits per heavy atom. The predicted octanol–water partition coefficient (Wildman–Crippen LogP) is 14.0. The predicted molar refractivity (Wildman–Crippen MR) is 233 cm³/mol. The summed E-state index contributed by atoms with van der Waals surface area (Å²) in [5.74, 6) is -0.382. The Labute approximate surface area is 337 Å². The van der Waals surface area contributed by atoms with Crippen molar-refractivity contribution in [1.29, 1.82) is 0 Å². The second kappa shape index (κ2) is 42.7. The van der Waals surface area contributed by atoms with E-state index in [9.17, 15) is 14.4 Å². The molecule has 0 aromatic rings. The Kier molecular flexibility index (Phi) is 41.6. The maximum atomic E-state index is 13.2. The van der Waals surface area contributed by atoms with E-state index < -0.39 is 6.04 Å². The van der Waals surface area contributed by atoms with Crippen LogP contribution in [0.15, 0.2) is 0 Å². The van der Waals surface area contributed by atoms with Gasteiger partial charge in [-0.25, -0.2) is 0 Å². The number of ketones is 1. The van der Waals surface area contributed by atoms with Crippen LogP contribution in [0.3, 0.4) is 0 Å². The lowest BCUT2D eigenvalue weighted by Gasteiger charge is -2.18. The van der Waals surface area contributed by atoms with Crippen molar-refractivity contribution in [2.75, 3.05) is 27.2 Å². The van der Waals surface area contributed by atoms with E-state index in [1.807, 2.05) is 14.1 Å². The summed E-state index contributed by atoms with van der Waals surface area (Å²) < 4.78 is 5.56. The van der Waals surface area contributed by atoms with Gasteiger partial charge in [0.05, 0.1) is 0 Å². The minimum absolute atomic E-state index is 0.00666. The smallest absolute Gasteiger partial charge is 0.305 e. The molecule has 0 aromatic carbocycles. The number of nitrogens with zero attached hydrogens (tertiary/aromatic N) is 1. The summed E-state index contributed by atoms with van der Waals surface area (Å²) in [5, 5.41) is 2.91. The van der Waals surface area contributed by atoms with E-state index in [2.05, 4.69) is 24.1 Å². The Morgan fingerprint density at radius 2 is 0.741 bits per heavy atom. The Bertz CT molecular complexity index is 817. The van der Waals surface area contributed by atoms with Crippen LogP contribution in [-0.2, 0) is 19.1 Å². The average Bonchev–Trinajstić information content (AvgIpc) is 3.15. The van der Waals surface area contributed by atoms with Crippen LogP contribution in [0.4, 0.5) is 0 Å². The van der Waals surface area contributed by atoms with Crippen molar-refractivity contribution in [2.45, 2.75) is 264 Å². The molecule has 0 aliphatic heterocycles. The third kappa shape index (κ3) is 40.2. The molecular formula is C48H94N2O4. The second-order valence-corrected chi connectivity index (χ2v) is 17.0. The molecule has 320 valence electrons. The van der Waals surface area contributed by atoms with E-state index in [1.165, 1.54) is 173 Å². The molecule has 0 saturated carbocycles. The molecule has 54 heavy (non-hydrogen) atoms. The van der Waals surface area contributed by atoms with Gasteiger partial charge in [0.1, 0.15) is 12.6 Å². The fourth-order valence-corrected chi connectivity index (χ4v) is 7.46. The van der Waals surface area contributed by atoms with Crippen LogP contribution in [0, 0.1) is 0 Å². The standard InChI is InChI=1S/C48H94N2O4/c1-5-7-9-11-13-15-17-19-21-23-24-26-28-30-32-34-36-40-46(51)45(49-47(52)41-38-39-43-50(3)4)44-54-48(53)42-37-35-33-31-29-27-25-22-20-18-16-14-12-10-8-6-2/h45H,5-44H2,1-4H3,(H,49,52). The number of carbonyl (C=O) groups excluding carboxylic acids is 3. The first kappa shape index (κ1) is 52.6. The molecule has 1 amide bonds. The molecule has 0 aliphatic carbocycles. The third-order valence-electron chi connectivity index (χ3n) is 11.2. The van der Waals surface area contributed by atoms with E-state index in [0.29, 0.717) is 19.3 Å². The fraction of sp³-hybridized carbons (Fsp3) is 0.938. The van der Waals surface area contributed by atoms with Crippen molar-refractivity contribution in [3.63, 3.8) is 0 Å². The number of ether oxygens (including phenoxy) is 1. The molecule has 1 unspecified atom stereocenters. The van der Waals surface area contributed by atoms with Crippen molar-refractivity contribution in [2.24, 2.45) is 0 Å². The molecule has 0 saturated heterocycles. The van der Waals surface area contributed by atoms with Crippen LogP contribution in [-0.4, -0.2) is 55.8 Å². The Hall–Kier alpha value is -1.43. The average molecular weight is 763 g/mol. The number of Topliss-reactive ketones (excluding diaryl/α,β-unsaturated/α-hetero) is 1. The molecule has 0 fully saturated rings. The molecular weight excluding hydrogens is 669 g/mol. The molecule has 0 spiro atoms. The number of esters is 1. The molecule has 0 radical (unpaired) electrons. The summed E-state index contributed by atoms with van der Waals surface area (Å²) in [6.45, 7) is 5.45. The third-order valence-corrected chi connectivity index (χ3v) is 11.2. The van der Waals surface area contributed by atoms with Gasteiger partial charge in [0.25, 0.3) is 0 Å². The minimum atomic E-state index is -0.734. The highest BCUT2D eigenvalue weighted by Crippen LogP contribution is 2.16. The summed E-state index contributed by atoms with van der Waals surface area (Å²) in [4.78, 5) is 40.5. The monoisotopic (exact) mass is 763 g/mol. The lowest BCUT2D eigenvalue weighted by Crippen LogP contribution is -2.44. The van der Waals surface area contributed by atoms with Crippen LogP contribution in [0.5, 0.6) is 0 Å². The second-order valence-electron chi connectivity index (χ2n) is 17.0. The van der Waals surface area contributed by atoms with Crippen LogP contribution >= 0.6 is 0 Å². The number of amides is 1. The summed E-state index contributed by atoms with van der Waals surface area (Å²) in [7, 11) is 4.06. The molecule has 0 rings (SSSR count). The number of unbranched alkanes of at least 4 members (excludes halogenated alkanes) is 32. The number of carbonyl (C=O) groups is 3. The zero-order valence-electron chi connectivity index (χ0n) is 36.9. The molecule has 0 aromatic heterocycles. The number of rotatable bonds is 44. The van der Waals surface area contributed by atoms with E-state index in [-0.39, 0.29) is 24.3 Å². The van der Waals surface area contributed by atoms with Crippen LogP contribution in [0.25, 0.3) is 0 Å². The first-order valence-electron chi connectivity index (χ1n) is 24.0. The van der Waals surface area contributed by atoms with Crippen molar-refractivity contribution in [1.82, 2.24) is 10.2 Å². The highest BCUT2D eigenvalue weighted by molar-refractivity contribution is 5.89. The Morgan fingerprint density at radius 3 is 1.09 bits per heavy atom. The number of hydrogen-bond donors (Lipinski definition) is 1. The van der Waals surface area contributed by atoms with Gasteiger partial charge < -0.3 is 15.0 Å². The summed E-state index contributed by atoms with van der Waals surface area (Å²) in [5.41, 5.74) is 0. The van der Waals surface area contributed by atoms with Gasteiger partial charge in [-0.2, -0.15) is 0 Å². The van der Waals surface area contributed by atoms with Crippen molar-refractivity contribution < 1.29 is 19.1 Å². The van der Waals surface area contributed by atoms with Gasteiger partial charge in [-0.15, -0.1) is 0 Å². The lowest BCUT2D eigenvalue weighted by atomic mass is 10.0. The molecule has 0 aliphatic rings. The normalized spacial score (nSPS) is 12.0. The molecule has 1 atom stereocenters. The van der Waals surface area contributed by atoms with Gasteiger partial charge in [-0.1, -0.05) is 213 Å². The Balaban J connectivity index is 4.11.